The number of nitrogens with one attached hydrogen (secondary N) is 1. The number of aromatic nitrogens is 1. The number of ether oxygens (including phenoxy) is 1. The number of hydrogen-bond donors (Lipinski definition) is 2. The van der Waals surface area contributed by atoms with Crippen LogP contribution in [0.3, 0.4) is 0 Å². The fraction of sp³-hybridized carbons (Fsp3) is 0.714. The standard InChI is InChI=1S/C15H24N2O2S2.C6H14O/c1-15(2,8-11-18)7-10-16-13(19)6-12-20-21-14-5-3-4-9-17-14;1-6(2)4-5-7-3/h3-5,9,18H,6-8,10-12H2,1-2H3,(H,16,19);6H,4-5H2,1-3H3. The molecule has 0 aliphatic carbocycles. The molecule has 0 spiro atoms. The molecule has 0 fully saturated rings. The monoisotopic (exact) mass is 430 g/mol. The molecule has 0 aromatic carbocycles. The van der Waals surface area contributed by atoms with Crippen molar-refractivity contribution in [2.75, 3.05) is 32.6 Å². The van der Waals surface area contributed by atoms with Crippen molar-refractivity contribution < 1.29 is 14.6 Å². The second-order valence-corrected chi connectivity index (χ2v) is 10.2. The van der Waals surface area contributed by atoms with Crippen LogP contribution >= 0.6 is 21.6 Å². The summed E-state index contributed by atoms with van der Waals surface area (Å²) in [5.74, 6) is 1.64. The molecule has 2 N–H and O–H groups in total. The van der Waals surface area contributed by atoms with Gasteiger partial charge in [-0.15, -0.1) is 0 Å². The zero-order valence-corrected chi connectivity index (χ0v) is 19.7. The lowest BCUT2D eigenvalue weighted by molar-refractivity contribution is -0.120. The van der Waals surface area contributed by atoms with Gasteiger partial charge < -0.3 is 15.2 Å². The number of methoxy groups -OCH3 is 1. The van der Waals surface area contributed by atoms with Crippen LogP contribution in [0.1, 0.15) is 53.4 Å². The van der Waals surface area contributed by atoms with Gasteiger partial charge in [-0.3, -0.25) is 4.79 Å². The quantitative estimate of drug-likeness (QED) is 0.346. The lowest BCUT2D eigenvalue weighted by Crippen LogP contribution is -2.28. The zero-order chi connectivity index (χ0) is 21.3. The maximum atomic E-state index is 11.7. The summed E-state index contributed by atoms with van der Waals surface area (Å²) in [5, 5.41) is 12.9. The first kappa shape index (κ1) is 27.2. The Bertz CT molecular complexity index is 500. The van der Waals surface area contributed by atoms with E-state index in [9.17, 15) is 4.79 Å². The van der Waals surface area contributed by atoms with Crippen LogP contribution in [0.5, 0.6) is 0 Å². The van der Waals surface area contributed by atoms with E-state index >= 15 is 0 Å². The number of nitrogens with zero attached hydrogens (tertiary/aromatic N) is 1. The van der Waals surface area contributed by atoms with Crippen molar-refractivity contribution in [2.45, 2.75) is 58.4 Å². The zero-order valence-electron chi connectivity index (χ0n) is 18.1. The van der Waals surface area contributed by atoms with E-state index in [1.54, 1.807) is 34.9 Å². The van der Waals surface area contributed by atoms with E-state index < -0.39 is 0 Å². The number of carbonyl (C=O) groups is 1. The molecular weight excluding hydrogens is 392 g/mol. The van der Waals surface area contributed by atoms with Crippen molar-refractivity contribution in [3.8, 4) is 0 Å². The highest BCUT2D eigenvalue weighted by Gasteiger charge is 2.16. The van der Waals surface area contributed by atoms with Crippen LogP contribution in [0.4, 0.5) is 0 Å². The van der Waals surface area contributed by atoms with Crippen LogP contribution < -0.4 is 5.32 Å². The topological polar surface area (TPSA) is 71.5 Å². The highest BCUT2D eigenvalue weighted by molar-refractivity contribution is 8.76. The molecule has 1 heterocycles. The smallest absolute Gasteiger partial charge is 0.220 e. The molecule has 162 valence electrons. The minimum atomic E-state index is 0.0750. The maximum Gasteiger partial charge on any atom is 0.220 e. The molecule has 0 aliphatic heterocycles. The summed E-state index contributed by atoms with van der Waals surface area (Å²) in [6.07, 6.45) is 5.11. The lowest BCUT2D eigenvalue weighted by Gasteiger charge is -2.23. The molecule has 0 atom stereocenters. The van der Waals surface area contributed by atoms with Gasteiger partial charge in [-0.1, -0.05) is 44.6 Å². The molecule has 1 aromatic heterocycles. The molecule has 0 saturated heterocycles. The van der Waals surface area contributed by atoms with Crippen LogP contribution in [0.25, 0.3) is 0 Å². The number of aliphatic hydroxyl groups is 1. The molecule has 0 unspecified atom stereocenters. The highest BCUT2D eigenvalue weighted by Crippen LogP contribution is 2.29. The normalized spacial score (nSPS) is 11.1. The maximum absolute atomic E-state index is 11.7. The van der Waals surface area contributed by atoms with E-state index in [1.165, 1.54) is 6.42 Å². The summed E-state index contributed by atoms with van der Waals surface area (Å²) in [6.45, 7) is 10.4. The lowest BCUT2D eigenvalue weighted by atomic mass is 9.86. The predicted octanol–water partition coefficient (Wildman–Crippen LogP) is 4.81. The first-order chi connectivity index (χ1) is 13.3. The van der Waals surface area contributed by atoms with Crippen LogP contribution in [-0.4, -0.2) is 48.6 Å². The Kier molecular flexibility index (Phi) is 16.7. The van der Waals surface area contributed by atoms with E-state index in [-0.39, 0.29) is 17.9 Å². The van der Waals surface area contributed by atoms with Crippen molar-refractivity contribution in [2.24, 2.45) is 11.3 Å². The van der Waals surface area contributed by atoms with Gasteiger partial charge in [-0.25, -0.2) is 4.98 Å². The van der Waals surface area contributed by atoms with E-state index in [0.29, 0.717) is 13.0 Å². The molecule has 7 heteroatoms. The van der Waals surface area contributed by atoms with Crippen LogP contribution in [0.15, 0.2) is 29.4 Å². The third-order valence-electron chi connectivity index (χ3n) is 4.01. The average molecular weight is 431 g/mol. The third kappa shape index (κ3) is 17.3. The van der Waals surface area contributed by atoms with Gasteiger partial charge in [0.2, 0.25) is 5.91 Å². The van der Waals surface area contributed by atoms with Crippen LogP contribution in [0, 0.1) is 11.3 Å². The van der Waals surface area contributed by atoms with Gasteiger partial charge in [-0.05, 0) is 53.5 Å². The average Bonchev–Trinajstić information content (AvgIpc) is 2.64. The Balaban J connectivity index is 0.000000887. The van der Waals surface area contributed by atoms with Crippen LogP contribution in [-0.2, 0) is 9.53 Å². The fourth-order valence-electron chi connectivity index (χ4n) is 2.04. The fourth-order valence-corrected chi connectivity index (χ4v) is 3.91. The van der Waals surface area contributed by atoms with Gasteiger partial charge in [0.15, 0.2) is 0 Å². The number of pyridine rings is 1. The highest BCUT2D eigenvalue weighted by atomic mass is 33.1. The SMILES string of the molecule is CC(C)(CCO)CCNC(=O)CCSSc1ccccn1.COCCC(C)C. The number of aliphatic hydroxyl groups excluding tert-OH is 1. The van der Waals surface area contributed by atoms with Crippen molar-refractivity contribution in [3.05, 3.63) is 24.4 Å². The molecule has 1 rings (SSSR count). The van der Waals surface area contributed by atoms with Crippen molar-refractivity contribution in [3.63, 3.8) is 0 Å². The molecule has 5 nitrogen and oxygen atoms in total. The first-order valence-corrected chi connectivity index (χ1v) is 12.2. The predicted molar refractivity (Wildman–Crippen MR) is 122 cm³/mol. The second-order valence-electron chi connectivity index (χ2n) is 7.74. The molecule has 28 heavy (non-hydrogen) atoms. The number of hydrogen-bond acceptors (Lipinski definition) is 6. The largest absolute Gasteiger partial charge is 0.396 e. The Labute approximate surface area is 179 Å². The first-order valence-electron chi connectivity index (χ1n) is 9.87. The molecule has 0 saturated carbocycles. The summed E-state index contributed by atoms with van der Waals surface area (Å²) >= 11 is 0. The van der Waals surface area contributed by atoms with E-state index in [1.807, 2.05) is 18.2 Å². The van der Waals surface area contributed by atoms with Gasteiger partial charge in [0.1, 0.15) is 5.03 Å². The number of amides is 1. The van der Waals surface area contributed by atoms with Gasteiger partial charge >= 0.3 is 0 Å². The molecular formula is C21H38N2O3S2. The minimum absolute atomic E-state index is 0.0750. The van der Waals surface area contributed by atoms with E-state index in [4.69, 9.17) is 9.84 Å². The summed E-state index contributed by atoms with van der Waals surface area (Å²) in [4.78, 5) is 15.9. The third-order valence-corrected chi connectivity index (χ3v) is 6.27. The Hall–Kier alpha value is -0.760. The van der Waals surface area contributed by atoms with E-state index in [0.717, 1.165) is 36.1 Å². The second kappa shape index (κ2) is 17.1. The van der Waals surface area contributed by atoms with Gasteiger partial charge in [0.05, 0.1) is 0 Å². The molecule has 1 aromatic rings. The van der Waals surface area contributed by atoms with Crippen molar-refractivity contribution in [1.82, 2.24) is 10.3 Å². The molecule has 0 bridgehead atoms. The number of carbonyl (C=O) groups excluding carboxylic acids is 1. The Morgan fingerprint density at radius 3 is 2.61 bits per heavy atom. The summed E-state index contributed by atoms with van der Waals surface area (Å²) < 4.78 is 4.85. The van der Waals surface area contributed by atoms with Crippen molar-refractivity contribution in [1.29, 1.82) is 0 Å². The Morgan fingerprint density at radius 1 is 1.32 bits per heavy atom. The molecule has 0 radical (unpaired) electrons. The Morgan fingerprint density at radius 2 is 2.07 bits per heavy atom. The van der Waals surface area contributed by atoms with Gasteiger partial charge in [0, 0.05) is 45.2 Å². The van der Waals surface area contributed by atoms with Gasteiger partial charge in [0.25, 0.3) is 0 Å². The summed E-state index contributed by atoms with van der Waals surface area (Å²) in [5.41, 5.74) is 0.0750. The molecule has 0 aliphatic rings. The molecule has 1 amide bonds. The van der Waals surface area contributed by atoms with Crippen LogP contribution in [0.2, 0.25) is 0 Å². The van der Waals surface area contributed by atoms with E-state index in [2.05, 4.69) is 38.0 Å². The van der Waals surface area contributed by atoms with Crippen molar-refractivity contribution >= 4 is 27.5 Å². The summed E-state index contributed by atoms with van der Waals surface area (Å²) in [6, 6.07) is 5.80. The van der Waals surface area contributed by atoms with Gasteiger partial charge in [-0.2, -0.15) is 0 Å². The number of rotatable bonds is 13. The summed E-state index contributed by atoms with van der Waals surface area (Å²) in [7, 11) is 4.98. The minimum Gasteiger partial charge on any atom is -0.396 e.